The Labute approximate surface area is 134 Å². The van der Waals surface area contributed by atoms with Gasteiger partial charge >= 0.3 is 0 Å². The maximum atomic E-state index is 12.6. The number of sulfonamides is 1. The number of ether oxygens (including phenoxy) is 1. The average Bonchev–Trinajstić information content (AvgIpc) is 3.25. The van der Waals surface area contributed by atoms with Crippen molar-refractivity contribution in [3.05, 3.63) is 36.2 Å². The van der Waals surface area contributed by atoms with E-state index in [2.05, 4.69) is 10.3 Å². The highest BCUT2D eigenvalue weighted by Gasteiger charge is 2.39. The Kier molecular flexibility index (Phi) is 3.38. The summed E-state index contributed by atoms with van der Waals surface area (Å²) in [7, 11) is -1.96. The maximum Gasteiger partial charge on any atom is 0.243 e. The van der Waals surface area contributed by atoms with Crippen LogP contribution in [0.2, 0.25) is 0 Å². The molecule has 0 amide bonds. The van der Waals surface area contributed by atoms with Crippen LogP contribution in [0.5, 0.6) is 5.75 Å². The molecule has 1 saturated heterocycles. The van der Waals surface area contributed by atoms with Crippen molar-refractivity contribution in [2.24, 2.45) is 0 Å². The Hall–Kier alpha value is -1.93. The zero-order valence-electron chi connectivity index (χ0n) is 12.8. The number of nitrogens with zero attached hydrogens (tertiary/aromatic N) is 4. The normalized spacial score (nSPS) is 19.5. The fraction of sp³-hybridized carbons (Fsp3) is 0.467. The van der Waals surface area contributed by atoms with Gasteiger partial charge in [0, 0.05) is 31.3 Å². The van der Waals surface area contributed by atoms with E-state index in [-0.39, 0.29) is 10.9 Å². The van der Waals surface area contributed by atoms with Crippen LogP contribution in [0.15, 0.2) is 35.4 Å². The van der Waals surface area contributed by atoms with E-state index in [9.17, 15) is 8.42 Å². The van der Waals surface area contributed by atoms with Crippen molar-refractivity contribution >= 4 is 10.0 Å². The summed E-state index contributed by atoms with van der Waals surface area (Å²) in [5.74, 6) is 1.09. The molecule has 1 saturated carbocycles. The van der Waals surface area contributed by atoms with E-state index in [0.717, 1.165) is 5.69 Å². The summed E-state index contributed by atoms with van der Waals surface area (Å²) in [6, 6.07) is 6.61. The van der Waals surface area contributed by atoms with Gasteiger partial charge < -0.3 is 4.74 Å². The third kappa shape index (κ3) is 2.61. The van der Waals surface area contributed by atoms with Gasteiger partial charge in [0.2, 0.25) is 10.0 Å². The zero-order valence-corrected chi connectivity index (χ0v) is 13.6. The molecular formula is C15H18N4O3S. The second-order valence-electron chi connectivity index (χ2n) is 6.05. The molecule has 0 atom stereocenters. The van der Waals surface area contributed by atoms with E-state index >= 15 is 0 Å². The highest BCUT2D eigenvalue weighted by molar-refractivity contribution is 7.89. The summed E-state index contributed by atoms with van der Waals surface area (Å²) < 4.78 is 33.6. The summed E-state index contributed by atoms with van der Waals surface area (Å²) in [6.07, 6.45) is 4.32. The molecule has 8 heteroatoms. The Morgan fingerprint density at radius 2 is 2.04 bits per heavy atom. The number of aromatic nitrogens is 3. The van der Waals surface area contributed by atoms with Crippen LogP contribution in [0.3, 0.4) is 0 Å². The average molecular weight is 334 g/mol. The minimum absolute atomic E-state index is 0.0652. The van der Waals surface area contributed by atoms with E-state index in [1.54, 1.807) is 28.9 Å². The molecule has 0 bridgehead atoms. The quantitative estimate of drug-likeness (QED) is 0.826. The highest BCUT2D eigenvalue weighted by Crippen LogP contribution is 2.39. The molecule has 7 nitrogen and oxygen atoms in total. The molecule has 1 aromatic heterocycles. The first-order valence-electron chi connectivity index (χ1n) is 7.64. The molecule has 1 aliphatic heterocycles. The second-order valence-corrected chi connectivity index (χ2v) is 7.99. The van der Waals surface area contributed by atoms with Crippen molar-refractivity contribution < 1.29 is 13.2 Å². The summed E-state index contributed by atoms with van der Waals surface area (Å²) in [5, 5.41) is 8.32. The molecule has 2 heterocycles. The molecule has 0 radical (unpaired) electrons. The van der Waals surface area contributed by atoms with Crippen LogP contribution in [0.1, 0.15) is 30.5 Å². The topological polar surface area (TPSA) is 77.3 Å². The van der Waals surface area contributed by atoms with Gasteiger partial charge in [0.1, 0.15) is 5.75 Å². The van der Waals surface area contributed by atoms with E-state index in [1.807, 2.05) is 6.20 Å². The number of rotatable bonds is 5. The van der Waals surface area contributed by atoms with E-state index < -0.39 is 10.0 Å². The standard InChI is InChI=1S/C15H18N4O3S/c1-22-13-3-2-4-14(7-13)23(20,21)18-8-12(9-18)19-10-15(16-17-19)11-5-6-11/h2-4,7,10-12H,5-6,8-9H2,1H3. The molecule has 23 heavy (non-hydrogen) atoms. The molecule has 2 fully saturated rings. The lowest BCUT2D eigenvalue weighted by atomic mass is 10.2. The van der Waals surface area contributed by atoms with Crippen molar-refractivity contribution in [3.63, 3.8) is 0 Å². The van der Waals surface area contributed by atoms with E-state index in [0.29, 0.717) is 24.8 Å². The summed E-state index contributed by atoms with van der Waals surface area (Å²) >= 11 is 0. The van der Waals surface area contributed by atoms with E-state index in [1.165, 1.54) is 24.3 Å². The van der Waals surface area contributed by atoms with Crippen molar-refractivity contribution in [1.82, 2.24) is 19.3 Å². The SMILES string of the molecule is COc1cccc(S(=O)(=O)N2CC(n3cc(C4CC4)nn3)C2)c1. The van der Waals surface area contributed by atoms with Gasteiger partial charge in [0.05, 0.1) is 23.7 Å². The van der Waals surface area contributed by atoms with Crippen LogP contribution >= 0.6 is 0 Å². The summed E-state index contributed by atoms with van der Waals surface area (Å²) in [5.41, 5.74) is 1.03. The molecular weight excluding hydrogens is 316 g/mol. The van der Waals surface area contributed by atoms with Crippen LogP contribution < -0.4 is 4.74 Å². The first-order valence-corrected chi connectivity index (χ1v) is 9.08. The lowest BCUT2D eigenvalue weighted by Gasteiger charge is -2.37. The third-order valence-corrected chi connectivity index (χ3v) is 6.23. The van der Waals surface area contributed by atoms with Crippen molar-refractivity contribution in [3.8, 4) is 5.75 Å². The van der Waals surface area contributed by atoms with Crippen LogP contribution in [0.4, 0.5) is 0 Å². The Morgan fingerprint density at radius 1 is 1.26 bits per heavy atom. The van der Waals surface area contributed by atoms with Crippen molar-refractivity contribution in [2.75, 3.05) is 20.2 Å². The fourth-order valence-corrected chi connectivity index (χ4v) is 4.28. The molecule has 1 aromatic carbocycles. The Balaban J connectivity index is 1.47. The van der Waals surface area contributed by atoms with Crippen LogP contribution in [0.25, 0.3) is 0 Å². The minimum Gasteiger partial charge on any atom is -0.497 e. The number of methoxy groups -OCH3 is 1. The van der Waals surface area contributed by atoms with Gasteiger partial charge in [-0.25, -0.2) is 13.1 Å². The van der Waals surface area contributed by atoms with Crippen LogP contribution in [-0.4, -0.2) is 47.9 Å². The van der Waals surface area contributed by atoms with Gasteiger partial charge in [-0.3, -0.25) is 0 Å². The van der Waals surface area contributed by atoms with Gasteiger partial charge in [-0.1, -0.05) is 11.3 Å². The molecule has 0 N–H and O–H groups in total. The van der Waals surface area contributed by atoms with Crippen molar-refractivity contribution in [1.29, 1.82) is 0 Å². The zero-order chi connectivity index (χ0) is 16.0. The molecule has 4 rings (SSSR count). The monoisotopic (exact) mass is 334 g/mol. The second kappa shape index (κ2) is 5.31. The predicted molar refractivity (Wildman–Crippen MR) is 82.8 cm³/mol. The lowest BCUT2D eigenvalue weighted by molar-refractivity contribution is 0.189. The van der Waals surface area contributed by atoms with E-state index in [4.69, 9.17) is 4.74 Å². The maximum absolute atomic E-state index is 12.6. The molecule has 2 aliphatic rings. The fourth-order valence-electron chi connectivity index (χ4n) is 2.73. The smallest absolute Gasteiger partial charge is 0.243 e. The van der Waals surface area contributed by atoms with Gasteiger partial charge in [-0.15, -0.1) is 5.10 Å². The molecule has 1 aliphatic carbocycles. The predicted octanol–water partition coefficient (Wildman–Crippen LogP) is 1.41. The molecule has 122 valence electrons. The molecule has 0 spiro atoms. The van der Waals surface area contributed by atoms with Crippen LogP contribution in [-0.2, 0) is 10.0 Å². The summed E-state index contributed by atoms with van der Waals surface area (Å²) in [6.45, 7) is 0.847. The Morgan fingerprint density at radius 3 is 2.74 bits per heavy atom. The molecule has 2 aromatic rings. The van der Waals surface area contributed by atoms with Gasteiger partial charge in [-0.05, 0) is 25.0 Å². The number of hydrogen-bond acceptors (Lipinski definition) is 5. The number of benzene rings is 1. The Bertz CT molecular complexity index is 823. The highest BCUT2D eigenvalue weighted by atomic mass is 32.2. The first kappa shape index (κ1) is 14.6. The summed E-state index contributed by atoms with van der Waals surface area (Å²) in [4.78, 5) is 0.257. The van der Waals surface area contributed by atoms with Crippen molar-refractivity contribution in [2.45, 2.75) is 29.7 Å². The third-order valence-electron chi connectivity index (χ3n) is 4.41. The van der Waals surface area contributed by atoms with Gasteiger partial charge in [0.15, 0.2) is 0 Å². The molecule has 0 unspecified atom stereocenters. The van der Waals surface area contributed by atoms with Gasteiger partial charge in [0.25, 0.3) is 0 Å². The first-order chi connectivity index (χ1) is 11.1. The lowest BCUT2D eigenvalue weighted by Crippen LogP contribution is -2.50. The van der Waals surface area contributed by atoms with Gasteiger partial charge in [-0.2, -0.15) is 4.31 Å². The number of hydrogen-bond donors (Lipinski definition) is 0. The largest absolute Gasteiger partial charge is 0.497 e. The minimum atomic E-state index is -3.48. The van der Waals surface area contributed by atoms with Crippen LogP contribution in [0, 0.1) is 0 Å².